The molecule has 1 aromatic heterocycles. The van der Waals surface area contributed by atoms with Crippen LogP contribution in [-0.2, 0) is 0 Å². The molecule has 0 atom stereocenters. The van der Waals surface area contributed by atoms with Gasteiger partial charge in [0.25, 0.3) is 5.91 Å². The van der Waals surface area contributed by atoms with Crippen molar-refractivity contribution in [3.8, 4) is 11.8 Å². The molecule has 0 saturated heterocycles. The lowest BCUT2D eigenvalue weighted by atomic mass is 10.2. The largest absolute Gasteiger partial charge is 0.430 e. The Labute approximate surface area is 125 Å². The summed E-state index contributed by atoms with van der Waals surface area (Å²) in [7, 11) is 0. The van der Waals surface area contributed by atoms with Gasteiger partial charge in [0.2, 0.25) is 0 Å². The first-order chi connectivity index (χ1) is 10.1. The van der Waals surface area contributed by atoms with Crippen LogP contribution in [0.15, 0.2) is 45.8 Å². The van der Waals surface area contributed by atoms with Gasteiger partial charge < -0.3 is 15.5 Å². The molecule has 6 heteroatoms. The molecule has 0 aliphatic rings. The van der Waals surface area contributed by atoms with Crippen LogP contribution in [0.3, 0.4) is 0 Å². The zero-order valence-corrected chi connectivity index (χ0v) is 11.6. The normalized spacial score (nSPS) is 9.62. The third-order valence-corrected chi connectivity index (χ3v) is 2.84. The first kappa shape index (κ1) is 14.9. The Bertz CT molecular complexity index is 767. The first-order valence-electron chi connectivity index (χ1n) is 5.99. The van der Waals surface area contributed by atoms with E-state index in [-0.39, 0.29) is 12.1 Å². The maximum Gasteiger partial charge on any atom is 0.335 e. The molecule has 0 saturated carbocycles. The van der Waals surface area contributed by atoms with Crippen LogP contribution in [0.1, 0.15) is 15.9 Å². The highest BCUT2D eigenvalue weighted by atomic mass is 35.5. The van der Waals surface area contributed by atoms with Crippen molar-refractivity contribution in [1.82, 2.24) is 0 Å². The summed E-state index contributed by atoms with van der Waals surface area (Å²) in [6.45, 7) is 0.218. The number of carbonyl (C=O) groups is 1. The van der Waals surface area contributed by atoms with Crippen LogP contribution in [-0.4, -0.2) is 12.5 Å². The third-order valence-electron chi connectivity index (χ3n) is 2.51. The Morgan fingerprint density at radius 1 is 1.33 bits per heavy atom. The highest BCUT2D eigenvalue weighted by Crippen LogP contribution is 2.20. The van der Waals surface area contributed by atoms with Gasteiger partial charge in [-0.05, 0) is 24.3 Å². The zero-order valence-electron chi connectivity index (χ0n) is 10.9. The van der Waals surface area contributed by atoms with Crippen LogP contribution in [0.25, 0.3) is 0 Å². The molecule has 0 fully saturated rings. The number of anilines is 1. The summed E-state index contributed by atoms with van der Waals surface area (Å²) in [6, 6.07) is 7.47. The van der Waals surface area contributed by atoms with Crippen LogP contribution in [0.2, 0.25) is 5.02 Å². The maximum absolute atomic E-state index is 12.0. The van der Waals surface area contributed by atoms with E-state index in [1.807, 2.05) is 0 Å². The molecule has 21 heavy (non-hydrogen) atoms. The SMILES string of the molecule is NCC#Cc1cc(NC(=O)c2ccc(=O)oc2)ccc1Cl. The van der Waals surface area contributed by atoms with Gasteiger partial charge >= 0.3 is 5.63 Å². The van der Waals surface area contributed by atoms with Crippen LogP contribution in [0.4, 0.5) is 5.69 Å². The summed E-state index contributed by atoms with van der Waals surface area (Å²) < 4.78 is 4.64. The van der Waals surface area contributed by atoms with Crippen molar-refractivity contribution in [2.45, 2.75) is 0 Å². The summed E-state index contributed by atoms with van der Waals surface area (Å²) in [5, 5.41) is 3.13. The fourth-order valence-electron chi connectivity index (χ4n) is 1.54. The smallest absolute Gasteiger partial charge is 0.335 e. The van der Waals surface area contributed by atoms with Gasteiger partial charge in [-0.2, -0.15) is 0 Å². The number of hydrogen-bond donors (Lipinski definition) is 2. The van der Waals surface area contributed by atoms with E-state index >= 15 is 0 Å². The molecule has 5 nitrogen and oxygen atoms in total. The number of carbonyl (C=O) groups excluding carboxylic acids is 1. The monoisotopic (exact) mass is 302 g/mol. The average molecular weight is 303 g/mol. The van der Waals surface area contributed by atoms with Crippen molar-refractivity contribution < 1.29 is 9.21 Å². The number of nitrogens with one attached hydrogen (secondary N) is 1. The van der Waals surface area contributed by atoms with Crippen molar-refractivity contribution >= 4 is 23.2 Å². The van der Waals surface area contributed by atoms with Gasteiger partial charge in [-0.15, -0.1) is 0 Å². The highest BCUT2D eigenvalue weighted by molar-refractivity contribution is 6.31. The zero-order chi connectivity index (χ0) is 15.2. The standard InChI is InChI=1S/C15H11ClN2O3/c16-13-5-4-12(8-10(13)2-1-7-17)18-15(20)11-3-6-14(19)21-9-11/h3-6,8-9H,7,17H2,(H,18,20). The molecule has 0 spiro atoms. The minimum absolute atomic E-state index is 0.218. The molecule has 0 radical (unpaired) electrons. The number of benzene rings is 1. The van der Waals surface area contributed by atoms with E-state index in [4.69, 9.17) is 17.3 Å². The molecular formula is C15H11ClN2O3. The molecule has 1 amide bonds. The second kappa shape index (κ2) is 6.75. The Morgan fingerprint density at radius 2 is 2.14 bits per heavy atom. The quantitative estimate of drug-likeness (QED) is 0.829. The lowest BCUT2D eigenvalue weighted by Gasteiger charge is -2.06. The second-order valence-corrected chi connectivity index (χ2v) is 4.41. The molecule has 3 N–H and O–H groups in total. The van der Waals surface area contributed by atoms with Crippen LogP contribution >= 0.6 is 11.6 Å². The molecule has 2 rings (SSSR count). The van der Waals surface area contributed by atoms with E-state index in [1.54, 1.807) is 18.2 Å². The van der Waals surface area contributed by atoms with Crippen LogP contribution in [0, 0.1) is 11.8 Å². The van der Waals surface area contributed by atoms with Gasteiger partial charge in [-0.1, -0.05) is 23.4 Å². The molecule has 0 bridgehead atoms. The Balaban J connectivity index is 2.21. The molecule has 0 aliphatic carbocycles. The van der Waals surface area contributed by atoms with Crippen molar-refractivity contribution in [2.75, 3.05) is 11.9 Å². The van der Waals surface area contributed by atoms with Crippen molar-refractivity contribution in [3.05, 3.63) is 63.2 Å². The number of hydrogen-bond acceptors (Lipinski definition) is 4. The Kier molecular flexibility index (Phi) is 4.77. The van der Waals surface area contributed by atoms with Gasteiger partial charge in [0.1, 0.15) is 6.26 Å². The van der Waals surface area contributed by atoms with E-state index in [2.05, 4.69) is 21.6 Å². The Hall–Kier alpha value is -2.55. The lowest BCUT2D eigenvalue weighted by molar-refractivity contribution is 0.102. The van der Waals surface area contributed by atoms with Crippen LogP contribution in [0.5, 0.6) is 0 Å². The summed E-state index contributed by atoms with van der Waals surface area (Å²) in [5.41, 5.74) is 6.12. The number of nitrogens with two attached hydrogens (primary N) is 1. The topological polar surface area (TPSA) is 85.3 Å². The first-order valence-corrected chi connectivity index (χ1v) is 6.36. The number of rotatable bonds is 2. The molecule has 0 aliphatic heterocycles. The fourth-order valence-corrected chi connectivity index (χ4v) is 1.70. The van der Waals surface area contributed by atoms with E-state index < -0.39 is 11.5 Å². The van der Waals surface area contributed by atoms with Crippen molar-refractivity contribution in [3.63, 3.8) is 0 Å². The van der Waals surface area contributed by atoms with Gasteiger partial charge in [0.15, 0.2) is 0 Å². The molecule has 1 aromatic carbocycles. The van der Waals surface area contributed by atoms with Gasteiger partial charge in [-0.3, -0.25) is 4.79 Å². The predicted molar refractivity (Wildman–Crippen MR) is 80.3 cm³/mol. The summed E-state index contributed by atoms with van der Waals surface area (Å²) >= 11 is 6.00. The van der Waals surface area contributed by atoms with Gasteiger partial charge in [0, 0.05) is 17.3 Å². The number of halogens is 1. The lowest BCUT2D eigenvalue weighted by Crippen LogP contribution is -2.13. The summed E-state index contributed by atoms with van der Waals surface area (Å²) in [6.07, 6.45) is 1.10. The van der Waals surface area contributed by atoms with Crippen molar-refractivity contribution in [2.24, 2.45) is 5.73 Å². The summed E-state index contributed by atoms with van der Waals surface area (Å²) in [4.78, 5) is 22.8. The average Bonchev–Trinajstić information content (AvgIpc) is 2.48. The molecule has 106 valence electrons. The molecular weight excluding hydrogens is 292 g/mol. The maximum atomic E-state index is 12.0. The number of amides is 1. The minimum atomic E-state index is -0.516. The predicted octanol–water partition coefficient (Wildman–Crippen LogP) is 1.86. The molecule has 0 unspecified atom stereocenters. The van der Waals surface area contributed by atoms with Crippen LogP contribution < -0.4 is 16.7 Å². The second-order valence-electron chi connectivity index (χ2n) is 4.00. The molecule has 1 heterocycles. The highest BCUT2D eigenvalue weighted by Gasteiger charge is 2.08. The van der Waals surface area contributed by atoms with Gasteiger partial charge in [0.05, 0.1) is 17.1 Å². The van der Waals surface area contributed by atoms with E-state index in [0.717, 1.165) is 6.26 Å². The van der Waals surface area contributed by atoms with Crippen molar-refractivity contribution in [1.29, 1.82) is 0 Å². The van der Waals surface area contributed by atoms with E-state index in [0.29, 0.717) is 16.3 Å². The molecule has 2 aromatic rings. The Morgan fingerprint density at radius 3 is 2.81 bits per heavy atom. The minimum Gasteiger partial charge on any atom is -0.430 e. The third kappa shape index (κ3) is 3.96. The van der Waals surface area contributed by atoms with Gasteiger partial charge in [-0.25, -0.2) is 4.79 Å². The van der Waals surface area contributed by atoms with E-state index in [9.17, 15) is 9.59 Å². The summed E-state index contributed by atoms with van der Waals surface area (Å²) in [5.74, 6) is 5.11. The van der Waals surface area contributed by atoms with E-state index in [1.165, 1.54) is 12.1 Å². The fraction of sp³-hybridized carbons (Fsp3) is 0.0667.